The number of hydrogen-bond acceptors (Lipinski definition) is 3. The fraction of sp³-hybridized carbons (Fsp3) is 0.348. The minimum Gasteiger partial charge on any atom is -0.483 e. The second-order valence-electron chi connectivity index (χ2n) is 7.55. The predicted octanol–water partition coefficient (Wildman–Crippen LogP) is 3.81. The number of likely N-dealkylation sites (N-methyl/N-ethyl adjacent to an activating group) is 1. The van der Waals surface area contributed by atoms with Gasteiger partial charge in [-0.2, -0.15) is 0 Å². The number of likely N-dealkylation sites (tertiary alicyclic amines) is 1. The molecule has 1 aromatic heterocycles. The Hall–Kier alpha value is -2.86. The highest BCUT2D eigenvalue weighted by Gasteiger charge is 2.23. The number of amides is 1. The van der Waals surface area contributed by atoms with E-state index in [0.29, 0.717) is 5.92 Å². The summed E-state index contributed by atoms with van der Waals surface area (Å²) >= 11 is 0. The van der Waals surface area contributed by atoms with Crippen molar-refractivity contribution >= 4 is 16.8 Å². The third kappa shape index (κ3) is 4.43. The summed E-state index contributed by atoms with van der Waals surface area (Å²) in [6, 6.07) is 12.8. The van der Waals surface area contributed by atoms with Gasteiger partial charge in [0, 0.05) is 36.3 Å². The van der Waals surface area contributed by atoms with Gasteiger partial charge in [-0.25, -0.2) is 4.39 Å². The molecule has 2 N–H and O–H groups in total. The first-order valence-electron chi connectivity index (χ1n) is 10.0. The number of H-pyrrole nitrogens is 1. The summed E-state index contributed by atoms with van der Waals surface area (Å²) in [5.41, 5.74) is 3.29. The van der Waals surface area contributed by atoms with Crippen LogP contribution in [0.3, 0.4) is 0 Å². The molecule has 1 aliphatic heterocycles. The number of benzene rings is 2. The van der Waals surface area contributed by atoms with E-state index >= 15 is 0 Å². The van der Waals surface area contributed by atoms with E-state index in [1.807, 2.05) is 30.5 Å². The minimum absolute atomic E-state index is 0.0205. The van der Waals surface area contributed by atoms with Gasteiger partial charge in [-0.3, -0.25) is 9.69 Å². The van der Waals surface area contributed by atoms with E-state index in [4.69, 9.17) is 4.74 Å². The lowest BCUT2D eigenvalue weighted by Crippen LogP contribution is -2.32. The molecule has 0 spiro atoms. The van der Waals surface area contributed by atoms with Crippen molar-refractivity contribution in [2.45, 2.75) is 25.3 Å². The Morgan fingerprint density at radius 1 is 1.24 bits per heavy atom. The van der Waals surface area contributed by atoms with Gasteiger partial charge in [-0.1, -0.05) is 18.2 Å². The number of halogens is 1. The predicted molar refractivity (Wildman–Crippen MR) is 112 cm³/mol. The summed E-state index contributed by atoms with van der Waals surface area (Å²) in [6.07, 6.45) is 4.10. The largest absolute Gasteiger partial charge is 0.483 e. The molecule has 2 heterocycles. The fourth-order valence-corrected chi connectivity index (χ4v) is 4.09. The van der Waals surface area contributed by atoms with Crippen LogP contribution < -0.4 is 10.1 Å². The Morgan fingerprint density at radius 2 is 2.03 bits per heavy atom. The number of ether oxygens (including phenoxy) is 1. The van der Waals surface area contributed by atoms with Gasteiger partial charge in [0.25, 0.3) is 5.91 Å². The van der Waals surface area contributed by atoms with Crippen LogP contribution >= 0.6 is 0 Å². The Balaban J connectivity index is 1.39. The lowest BCUT2D eigenvalue weighted by Gasteiger charge is -2.32. The van der Waals surface area contributed by atoms with Crippen LogP contribution in [-0.4, -0.2) is 42.5 Å². The number of aromatic nitrogens is 1. The van der Waals surface area contributed by atoms with Gasteiger partial charge >= 0.3 is 0 Å². The number of fused-ring (bicyclic) bond motifs is 1. The van der Waals surface area contributed by atoms with E-state index in [1.165, 1.54) is 11.6 Å². The number of nitrogens with zero attached hydrogens (tertiary/aromatic N) is 1. The van der Waals surface area contributed by atoms with Gasteiger partial charge in [-0.05, 0) is 61.7 Å². The first kappa shape index (κ1) is 19.5. The van der Waals surface area contributed by atoms with Crippen LogP contribution in [0.25, 0.3) is 10.9 Å². The molecule has 5 nitrogen and oxygen atoms in total. The molecule has 1 saturated heterocycles. The normalized spacial score (nSPS) is 15.5. The highest BCUT2D eigenvalue weighted by Crippen LogP contribution is 2.34. The van der Waals surface area contributed by atoms with Gasteiger partial charge in [-0.15, -0.1) is 0 Å². The molecule has 0 bridgehead atoms. The van der Waals surface area contributed by atoms with Crippen LogP contribution in [0.15, 0.2) is 48.7 Å². The lowest BCUT2D eigenvalue weighted by molar-refractivity contribution is -0.122. The van der Waals surface area contributed by atoms with E-state index in [-0.39, 0.29) is 18.3 Å². The van der Waals surface area contributed by atoms with E-state index in [1.54, 1.807) is 19.2 Å². The quantitative estimate of drug-likeness (QED) is 0.667. The number of nitrogens with one attached hydrogen (secondary N) is 2. The summed E-state index contributed by atoms with van der Waals surface area (Å²) in [5.74, 6) is 0.854. The number of rotatable bonds is 6. The second-order valence-corrected chi connectivity index (χ2v) is 7.55. The molecule has 29 heavy (non-hydrogen) atoms. The number of para-hydroxylation sites is 1. The summed E-state index contributed by atoms with van der Waals surface area (Å²) in [6.45, 7) is 2.75. The maximum atomic E-state index is 13.7. The zero-order valence-electron chi connectivity index (χ0n) is 16.6. The monoisotopic (exact) mass is 395 g/mol. The molecular weight excluding hydrogens is 369 g/mol. The SMILES string of the molecule is CNC(=O)COc1ccccc1CN1CCC(c2c[nH]c3ccc(F)cc23)CC1. The molecule has 0 unspecified atom stereocenters. The van der Waals surface area contributed by atoms with E-state index in [0.717, 1.165) is 54.7 Å². The average molecular weight is 395 g/mol. The third-order valence-corrected chi connectivity index (χ3v) is 5.71. The summed E-state index contributed by atoms with van der Waals surface area (Å²) in [5, 5.41) is 3.57. The highest BCUT2D eigenvalue weighted by atomic mass is 19.1. The smallest absolute Gasteiger partial charge is 0.257 e. The molecule has 0 atom stereocenters. The molecule has 1 fully saturated rings. The molecule has 2 aromatic carbocycles. The van der Waals surface area contributed by atoms with Gasteiger partial charge < -0.3 is 15.0 Å². The fourth-order valence-electron chi connectivity index (χ4n) is 4.09. The molecule has 152 valence electrons. The Labute approximate surface area is 169 Å². The van der Waals surface area contributed by atoms with Crippen LogP contribution in [-0.2, 0) is 11.3 Å². The minimum atomic E-state index is -0.191. The van der Waals surface area contributed by atoms with Crippen molar-refractivity contribution in [3.63, 3.8) is 0 Å². The molecule has 6 heteroatoms. The molecular formula is C23H26FN3O2. The van der Waals surface area contributed by atoms with Crippen molar-refractivity contribution in [2.75, 3.05) is 26.7 Å². The van der Waals surface area contributed by atoms with Crippen LogP contribution in [0.2, 0.25) is 0 Å². The second kappa shape index (κ2) is 8.66. The van der Waals surface area contributed by atoms with E-state index in [9.17, 15) is 9.18 Å². The molecule has 4 rings (SSSR count). The van der Waals surface area contributed by atoms with Gasteiger partial charge in [0.2, 0.25) is 0 Å². The van der Waals surface area contributed by atoms with Gasteiger partial charge in [0.05, 0.1) is 0 Å². The van der Waals surface area contributed by atoms with E-state index < -0.39 is 0 Å². The lowest BCUT2D eigenvalue weighted by atomic mass is 9.89. The van der Waals surface area contributed by atoms with Crippen molar-refractivity contribution in [2.24, 2.45) is 0 Å². The molecule has 0 aliphatic carbocycles. The van der Waals surface area contributed by atoms with E-state index in [2.05, 4.69) is 15.2 Å². The first-order chi connectivity index (χ1) is 14.1. The molecule has 1 amide bonds. The zero-order chi connectivity index (χ0) is 20.2. The zero-order valence-corrected chi connectivity index (χ0v) is 16.6. The standard InChI is InChI=1S/C23H26FN3O2/c1-25-23(28)15-29-22-5-3-2-4-17(22)14-27-10-8-16(9-11-27)20-13-26-21-7-6-18(24)12-19(20)21/h2-7,12-13,16,26H,8-11,14-15H2,1H3,(H,25,28). The Morgan fingerprint density at radius 3 is 2.83 bits per heavy atom. The van der Waals surface area contributed by atoms with Gasteiger partial charge in [0.1, 0.15) is 11.6 Å². The highest BCUT2D eigenvalue weighted by molar-refractivity contribution is 5.83. The Kier molecular flexibility index (Phi) is 5.81. The summed E-state index contributed by atoms with van der Waals surface area (Å²) < 4.78 is 19.4. The van der Waals surface area contributed by atoms with Crippen molar-refractivity contribution in [3.05, 3.63) is 65.6 Å². The van der Waals surface area contributed by atoms with Crippen LogP contribution in [0.5, 0.6) is 5.75 Å². The number of carbonyl (C=O) groups is 1. The van der Waals surface area contributed by atoms with Crippen molar-refractivity contribution in [1.29, 1.82) is 0 Å². The molecule has 0 saturated carbocycles. The topological polar surface area (TPSA) is 57.4 Å². The molecule has 3 aromatic rings. The summed E-state index contributed by atoms with van der Waals surface area (Å²) in [7, 11) is 1.60. The van der Waals surface area contributed by atoms with Crippen molar-refractivity contribution in [1.82, 2.24) is 15.2 Å². The maximum absolute atomic E-state index is 13.7. The van der Waals surface area contributed by atoms with Crippen LogP contribution in [0.1, 0.15) is 29.9 Å². The molecule has 0 radical (unpaired) electrons. The van der Waals surface area contributed by atoms with Crippen molar-refractivity contribution in [3.8, 4) is 5.75 Å². The number of hydrogen-bond donors (Lipinski definition) is 2. The third-order valence-electron chi connectivity index (χ3n) is 5.71. The summed E-state index contributed by atoms with van der Waals surface area (Å²) in [4.78, 5) is 17.2. The first-order valence-corrected chi connectivity index (χ1v) is 10.0. The van der Waals surface area contributed by atoms with Crippen LogP contribution in [0.4, 0.5) is 4.39 Å². The van der Waals surface area contributed by atoms with Crippen molar-refractivity contribution < 1.29 is 13.9 Å². The average Bonchev–Trinajstić information content (AvgIpc) is 3.16. The Bertz CT molecular complexity index is 993. The molecule has 1 aliphatic rings. The number of carbonyl (C=O) groups excluding carboxylic acids is 1. The van der Waals surface area contributed by atoms with Crippen LogP contribution in [0, 0.1) is 5.82 Å². The van der Waals surface area contributed by atoms with Gasteiger partial charge in [0.15, 0.2) is 6.61 Å². The maximum Gasteiger partial charge on any atom is 0.257 e. The number of piperidine rings is 1. The number of aromatic amines is 1.